The van der Waals surface area contributed by atoms with Gasteiger partial charge in [-0.05, 0) is 50.1 Å². The van der Waals surface area contributed by atoms with Crippen molar-refractivity contribution in [3.8, 4) is 0 Å². The summed E-state index contributed by atoms with van der Waals surface area (Å²) in [5.74, 6) is 0.723. The van der Waals surface area contributed by atoms with Crippen molar-refractivity contribution in [2.75, 3.05) is 11.9 Å². The van der Waals surface area contributed by atoms with Gasteiger partial charge in [-0.25, -0.2) is 9.79 Å². The van der Waals surface area contributed by atoms with Crippen LogP contribution in [-0.2, 0) is 13.1 Å². The van der Waals surface area contributed by atoms with Crippen LogP contribution in [0.25, 0.3) is 0 Å². The molecule has 0 saturated heterocycles. The second-order valence-corrected chi connectivity index (χ2v) is 7.00. The number of nitrogens with zero attached hydrogens (tertiary/aromatic N) is 1. The highest BCUT2D eigenvalue weighted by molar-refractivity contribution is 6.31. The highest BCUT2D eigenvalue weighted by Crippen LogP contribution is 2.14. The molecule has 0 spiro atoms. The normalized spacial score (nSPS) is 11.2. The van der Waals surface area contributed by atoms with E-state index in [0.717, 1.165) is 34.3 Å². The quantitative estimate of drug-likeness (QED) is 0.416. The van der Waals surface area contributed by atoms with Crippen LogP contribution in [-0.4, -0.2) is 24.6 Å². The van der Waals surface area contributed by atoms with E-state index in [9.17, 15) is 4.79 Å². The summed E-state index contributed by atoms with van der Waals surface area (Å²) in [4.78, 5) is 16.3. The summed E-state index contributed by atoms with van der Waals surface area (Å²) in [7, 11) is 0. The predicted octanol–water partition coefficient (Wildman–Crippen LogP) is 4.13. The van der Waals surface area contributed by atoms with E-state index in [-0.39, 0.29) is 12.1 Å². The van der Waals surface area contributed by atoms with E-state index in [1.165, 1.54) is 0 Å². The number of carbonyl (C=O) groups excluding carboxylic acids is 1. The number of aliphatic imine (C=N–C) groups is 1. The van der Waals surface area contributed by atoms with Gasteiger partial charge in [0.25, 0.3) is 0 Å². The molecular formula is C21H28ClN5O. The fourth-order valence-electron chi connectivity index (χ4n) is 2.46. The third-order valence-electron chi connectivity index (χ3n) is 3.80. The van der Waals surface area contributed by atoms with Gasteiger partial charge in [0.05, 0.1) is 6.54 Å². The minimum absolute atomic E-state index is 0.0939. The molecule has 0 aliphatic rings. The Kier molecular flexibility index (Phi) is 8.62. The molecule has 7 heteroatoms. The Morgan fingerprint density at radius 1 is 1.07 bits per heavy atom. The lowest BCUT2D eigenvalue weighted by atomic mass is 10.2. The molecule has 2 aromatic rings. The SMILES string of the molecule is CCNC(=NCc1ccc(NC(=O)NC(C)C)cc1)NCc1ccccc1Cl. The number of urea groups is 1. The Morgan fingerprint density at radius 3 is 2.43 bits per heavy atom. The molecule has 2 amide bonds. The van der Waals surface area contributed by atoms with Crippen molar-refractivity contribution in [2.24, 2.45) is 4.99 Å². The maximum atomic E-state index is 11.7. The molecule has 0 radical (unpaired) electrons. The van der Waals surface area contributed by atoms with Gasteiger partial charge in [0.1, 0.15) is 0 Å². The molecule has 0 heterocycles. The minimum atomic E-state index is -0.209. The first-order valence-electron chi connectivity index (χ1n) is 9.40. The van der Waals surface area contributed by atoms with Gasteiger partial charge in [-0.2, -0.15) is 0 Å². The molecule has 0 aliphatic heterocycles. The summed E-state index contributed by atoms with van der Waals surface area (Å²) in [6, 6.07) is 15.3. The van der Waals surface area contributed by atoms with E-state index in [2.05, 4.69) is 26.3 Å². The van der Waals surface area contributed by atoms with Crippen molar-refractivity contribution < 1.29 is 4.79 Å². The van der Waals surface area contributed by atoms with E-state index < -0.39 is 0 Å². The van der Waals surface area contributed by atoms with Crippen LogP contribution in [0.15, 0.2) is 53.5 Å². The number of guanidine groups is 1. The molecule has 0 aromatic heterocycles. The van der Waals surface area contributed by atoms with Crippen molar-refractivity contribution in [1.29, 1.82) is 0 Å². The first kappa shape index (κ1) is 21.6. The first-order valence-corrected chi connectivity index (χ1v) is 9.77. The molecule has 2 rings (SSSR count). The molecule has 0 atom stereocenters. The van der Waals surface area contributed by atoms with Gasteiger partial charge in [-0.3, -0.25) is 0 Å². The van der Waals surface area contributed by atoms with Gasteiger partial charge in [0.15, 0.2) is 5.96 Å². The molecule has 0 unspecified atom stereocenters. The number of halogens is 1. The van der Waals surface area contributed by atoms with Crippen molar-refractivity contribution in [3.63, 3.8) is 0 Å². The second-order valence-electron chi connectivity index (χ2n) is 6.59. The number of carbonyl (C=O) groups is 1. The summed E-state index contributed by atoms with van der Waals surface area (Å²) in [6.07, 6.45) is 0. The van der Waals surface area contributed by atoms with Gasteiger partial charge in [0, 0.05) is 29.8 Å². The van der Waals surface area contributed by atoms with Crippen LogP contribution in [0.4, 0.5) is 10.5 Å². The zero-order valence-corrected chi connectivity index (χ0v) is 17.3. The zero-order chi connectivity index (χ0) is 20.4. The summed E-state index contributed by atoms with van der Waals surface area (Å²) in [6.45, 7) is 7.75. The number of hydrogen-bond donors (Lipinski definition) is 4. The maximum absolute atomic E-state index is 11.7. The fraction of sp³-hybridized carbons (Fsp3) is 0.333. The van der Waals surface area contributed by atoms with Crippen molar-refractivity contribution in [3.05, 3.63) is 64.7 Å². The lowest BCUT2D eigenvalue weighted by Crippen LogP contribution is -2.36. The van der Waals surface area contributed by atoms with Gasteiger partial charge in [-0.15, -0.1) is 0 Å². The summed E-state index contributed by atoms with van der Waals surface area (Å²) in [5.41, 5.74) is 2.81. The van der Waals surface area contributed by atoms with Crippen LogP contribution in [0.1, 0.15) is 31.9 Å². The maximum Gasteiger partial charge on any atom is 0.319 e. The zero-order valence-electron chi connectivity index (χ0n) is 16.6. The Morgan fingerprint density at radius 2 is 1.79 bits per heavy atom. The van der Waals surface area contributed by atoms with Gasteiger partial charge in [-0.1, -0.05) is 41.9 Å². The molecule has 0 bridgehead atoms. The lowest BCUT2D eigenvalue weighted by Gasteiger charge is -2.12. The molecule has 2 aromatic carbocycles. The van der Waals surface area contributed by atoms with E-state index >= 15 is 0 Å². The standard InChI is InChI=1S/C21H28ClN5O/c1-4-23-20(25-14-17-7-5-6-8-19(17)22)24-13-16-9-11-18(12-10-16)27-21(28)26-15(2)3/h5-12,15H,4,13-14H2,1-3H3,(H2,23,24,25)(H2,26,27,28). The van der Waals surface area contributed by atoms with Crippen molar-refractivity contribution in [1.82, 2.24) is 16.0 Å². The molecule has 0 aliphatic carbocycles. The Hall–Kier alpha value is -2.73. The summed E-state index contributed by atoms with van der Waals surface area (Å²) >= 11 is 6.20. The van der Waals surface area contributed by atoms with Gasteiger partial charge < -0.3 is 21.3 Å². The third-order valence-corrected chi connectivity index (χ3v) is 4.17. The fourth-order valence-corrected chi connectivity index (χ4v) is 2.66. The van der Waals surface area contributed by atoms with Crippen molar-refractivity contribution >= 4 is 29.3 Å². The van der Waals surface area contributed by atoms with E-state index in [1.807, 2.05) is 69.3 Å². The lowest BCUT2D eigenvalue weighted by molar-refractivity contribution is 0.250. The highest BCUT2D eigenvalue weighted by Gasteiger charge is 2.04. The molecule has 0 saturated carbocycles. The van der Waals surface area contributed by atoms with Crippen LogP contribution in [0.3, 0.4) is 0 Å². The Balaban J connectivity index is 1.92. The topological polar surface area (TPSA) is 77.5 Å². The number of anilines is 1. The number of rotatable bonds is 7. The number of hydrogen-bond acceptors (Lipinski definition) is 2. The average molecular weight is 402 g/mol. The number of benzene rings is 2. The van der Waals surface area contributed by atoms with E-state index in [4.69, 9.17) is 11.6 Å². The number of nitrogens with one attached hydrogen (secondary N) is 4. The van der Waals surface area contributed by atoms with Gasteiger partial charge >= 0.3 is 6.03 Å². The molecule has 0 fully saturated rings. The van der Waals surface area contributed by atoms with Gasteiger partial charge in [0.2, 0.25) is 0 Å². The third kappa shape index (κ3) is 7.48. The number of amides is 2. The first-order chi connectivity index (χ1) is 13.5. The highest BCUT2D eigenvalue weighted by atomic mass is 35.5. The second kappa shape index (κ2) is 11.2. The van der Waals surface area contributed by atoms with Crippen LogP contribution >= 0.6 is 11.6 Å². The summed E-state index contributed by atoms with van der Waals surface area (Å²) in [5, 5.41) is 12.9. The Labute approximate surface area is 171 Å². The smallest absolute Gasteiger partial charge is 0.319 e. The predicted molar refractivity (Wildman–Crippen MR) is 117 cm³/mol. The van der Waals surface area contributed by atoms with E-state index in [1.54, 1.807) is 0 Å². The molecular weight excluding hydrogens is 374 g/mol. The van der Waals surface area contributed by atoms with Crippen LogP contribution in [0.5, 0.6) is 0 Å². The van der Waals surface area contributed by atoms with E-state index in [0.29, 0.717) is 13.1 Å². The Bertz CT molecular complexity index is 790. The van der Waals surface area contributed by atoms with Crippen LogP contribution in [0, 0.1) is 0 Å². The minimum Gasteiger partial charge on any atom is -0.357 e. The molecule has 28 heavy (non-hydrogen) atoms. The van der Waals surface area contributed by atoms with Crippen molar-refractivity contribution in [2.45, 2.75) is 39.9 Å². The monoisotopic (exact) mass is 401 g/mol. The van der Waals surface area contributed by atoms with Crippen LogP contribution in [0.2, 0.25) is 5.02 Å². The molecule has 6 nitrogen and oxygen atoms in total. The molecule has 150 valence electrons. The van der Waals surface area contributed by atoms with Crippen LogP contribution < -0.4 is 21.3 Å². The largest absolute Gasteiger partial charge is 0.357 e. The average Bonchev–Trinajstić information content (AvgIpc) is 2.65. The summed E-state index contributed by atoms with van der Waals surface area (Å²) < 4.78 is 0. The molecule has 4 N–H and O–H groups in total.